The minimum Gasteiger partial charge on any atom is -0.392 e. The lowest BCUT2D eigenvalue weighted by Gasteiger charge is -2.30. The Morgan fingerprint density at radius 3 is 2.83 bits per heavy atom. The van der Waals surface area contributed by atoms with E-state index in [2.05, 4.69) is 10.3 Å². The smallest absolute Gasteiger partial charge is 0.261 e. The van der Waals surface area contributed by atoms with E-state index in [-0.39, 0.29) is 23.5 Å². The first-order valence-corrected chi connectivity index (χ1v) is 9.97. The van der Waals surface area contributed by atoms with Crippen molar-refractivity contribution in [1.82, 2.24) is 14.9 Å². The van der Waals surface area contributed by atoms with Crippen LogP contribution in [0.25, 0.3) is 22.0 Å². The van der Waals surface area contributed by atoms with Gasteiger partial charge in [-0.3, -0.25) is 9.36 Å². The molecule has 1 fully saturated rings. The number of halogens is 2. The van der Waals surface area contributed by atoms with E-state index in [0.717, 1.165) is 25.1 Å². The molecule has 0 spiro atoms. The van der Waals surface area contributed by atoms with Crippen molar-refractivity contribution in [1.29, 1.82) is 0 Å². The molecule has 3 aromatic rings. The highest BCUT2D eigenvalue weighted by atomic mass is 19.2. The van der Waals surface area contributed by atoms with E-state index in [4.69, 9.17) is 0 Å². The molecule has 2 heterocycles. The fourth-order valence-corrected chi connectivity index (χ4v) is 4.01. The Balaban J connectivity index is 1.66. The number of fused-ring (bicyclic) bond motifs is 1. The van der Waals surface area contributed by atoms with Crippen LogP contribution in [0.3, 0.4) is 0 Å². The monoisotopic (exact) mass is 415 g/mol. The Kier molecular flexibility index (Phi) is 5.90. The van der Waals surface area contributed by atoms with Crippen molar-refractivity contribution in [3.63, 3.8) is 0 Å². The number of aromatic nitrogens is 2. The second-order valence-electron chi connectivity index (χ2n) is 7.69. The molecule has 0 aliphatic carbocycles. The molecule has 2 aromatic carbocycles. The summed E-state index contributed by atoms with van der Waals surface area (Å²) in [6.45, 7) is 0.794. The fourth-order valence-electron chi connectivity index (χ4n) is 4.01. The van der Waals surface area contributed by atoms with Crippen molar-refractivity contribution in [2.24, 2.45) is 0 Å². The molecule has 0 bridgehead atoms. The molecular weight excluding hydrogens is 392 g/mol. The van der Waals surface area contributed by atoms with Gasteiger partial charge in [0, 0.05) is 6.04 Å². The molecule has 1 aliphatic rings. The van der Waals surface area contributed by atoms with Gasteiger partial charge in [0.2, 0.25) is 0 Å². The van der Waals surface area contributed by atoms with Crippen molar-refractivity contribution >= 4 is 10.9 Å². The van der Waals surface area contributed by atoms with Crippen LogP contribution in [0, 0.1) is 11.6 Å². The highest BCUT2D eigenvalue weighted by Crippen LogP contribution is 2.26. The predicted molar refractivity (Wildman–Crippen MR) is 109 cm³/mol. The maximum atomic E-state index is 13.7. The first kappa shape index (κ1) is 20.6. The van der Waals surface area contributed by atoms with Gasteiger partial charge in [-0.25, -0.2) is 13.8 Å². The topological polar surface area (TPSA) is 87.4 Å². The Morgan fingerprint density at radius 1 is 1.23 bits per heavy atom. The van der Waals surface area contributed by atoms with Crippen LogP contribution in [0.15, 0.2) is 47.5 Å². The third kappa shape index (κ3) is 4.12. The van der Waals surface area contributed by atoms with Crippen molar-refractivity contribution in [3.8, 4) is 11.1 Å². The number of aliphatic hydroxyl groups excluding tert-OH is 2. The average Bonchev–Trinajstić information content (AvgIpc) is 2.73. The number of rotatable bonds is 5. The van der Waals surface area contributed by atoms with Gasteiger partial charge in [-0.2, -0.15) is 0 Å². The Labute approximate surface area is 171 Å². The SMILES string of the molecule is O=c1c2c(-c3ccc(F)c(F)c3)cccc2ncn1C[C@@H](O)C[C@H]1NCCC[C@@H]1O. The van der Waals surface area contributed by atoms with E-state index in [1.54, 1.807) is 18.2 Å². The highest BCUT2D eigenvalue weighted by molar-refractivity contribution is 5.93. The van der Waals surface area contributed by atoms with Gasteiger partial charge in [-0.1, -0.05) is 18.2 Å². The van der Waals surface area contributed by atoms with Crippen molar-refractivity contribution in [2.75, 3.05) is 6.54 Å². The fraction of sp³-hybridized carbons (Fsp3) is 0.364. The summed E-state index contributed by atoms with van der Waals surface area (Å²) in [5, 5.41) is 24.0. The van der Waals surface area contributed by atoms with Gasteiger partial charge in [0.15, 0.2) is 11.6 Å². The molecule has 3 atom stereocenters. The summed E-state index contributed by atoms with van der Waals surface area (Å²) in [4.78, 5) is 17.4. The normalized spacial score (nSPS) is 20.4. The maximum Gasteiger partial charge on any atom is 0.261 e. The molecule has 0 unspecified atom stereocenters. The minimum atomic E-state index is -0.998. The van der Waals surface area contributed by atoms with E-state index >= 15 is 0 Å². The summed E-state index contributed by atoms with van der Waals surface area (Å²) in [7, 11) is 0. The standard InChI is InChI=1S/C22H23F2N3O3/c23-16-7-6-13(9-17(16)24)15-3-1-4-18-21(15)22(30)27(12-26-18)11-14(28)10-19-20(29)5-2-8-25-19/h1,3-4,6-7,9,12,14,19-20,25,28-29H,2,5,8,10-11H2/t14-,19+,20-/m0/s1. The zero-order valence-corrected chi connectivity index (χ0v) is 16.3. The van der Waals surface area contributed by atoms with Crippen LogP contribution in [0.2, 0.25) is 0 Å². The molecule has 0 amide bonds. The van der Waals surface area contributed by atoms with E-state index < -0.39 is 23.8 Å². The summed E-state index contributed by atoms with van der Waals surface area (Å²) in [5.41, 5.74) is 0.859. The Morgan fingerprint density at radius 2 is 2.07 bits per heavy atom. The number of nitrogens with one attached hydrogen (secondary N) is 1. The number of piperidine rings is 1. The van der Waals surface area contributed by atoms with Gasteiger partial charge < -0.3 is 15.5 Å². The van der Waals surface area contributed by atoms with Crippen LogP contribution < -0.4 is 10.9 Å². The number of hydrogen-bond acceptors (Lipinski definition) is 5. The molecule has 158 valence electrons. The second-order valence-corrected chi connectivity index (χ2v) is 7.69. The third-order valence-electron chi connectivity index (χ3n) is 5.57. The zero-order chi connectivity index (χ0) is 21.3. The van der Waals surface area contributed by atoms with Crippen LogP contribution in [0.1, 0.15) is 19.3 Å². The van der Waals surface area contributed by atoms with E-state index in [9.17, 15) is 23.8 Å². The van der Waals surface area contributed by atoms with Gasteiger partial charge >= 0.3 is 0 Å². The predicted octanol–water partition coefficient (Wildman–Crippen LogP) is 2.21. The molecule has 30 heavy (non-hydrogen) atoms. The van der Waals surface area contributed by atoms with E-state index in [0.29, 0.717) is 29.5 Å². The van der Waals surface area contributed by atoms with Gasteiger partial charge in [0.05, 0.1) is 36.0 Å². The second kappa shape index (κ2) is 8.59. The van der Waals surface area contributed by atoms with Crippen LogP contribution in [-0.2, 0) is 6.54 Å². The summed E-state index contributed by atoms with van der Waals surface area (Å²) in [5.74, 6) is -1.96. The van der Waals surface area contributed by atoms with Crippen molar-refractivity contribution < 1.29 is 19.0 Å². The summed E-state index contributed by atoms with van der Waals surface area (Å²) >= 11 is 0. The first-order chi connectivity index (χ1) is 14.4. The number of nitrogens with zero attached hydrogens (tertiary/aromatic N) is 2. The number of hydrogen-bond donors (Lipinski definition) is 3. The minimum absolute atomic E-state index is 0.0127. The lowest BCUT2D eigenvalue weighted by Crippen LogP contribution is -2.47. The van der Waals surface area contributed by atoms with Crippen LogP contribution in [-0.4, -0.2) is 44.6 Å². The van der Waals surface area contributed by atoms with Crippen molar-refractivity contribution in [3.05, 3.63) is 64.7 Å². The molecule has 1 aromatic heterocycles. The number of aliphatic hydroxyl groups is 2. The maximum absolute atomic E-state index is 13.7. The Hall–Kier alpha value is -2.68. The third-order valence-corrected chi connectivity index (χ3v) is 5.57. The summed E-state index contributed by atoms with van der Waals surface area (Å²) in [6, 6.07) is 8.27. The molecule has 4 rings (SSSR count). The van der Waals surface area contributed by atoms with E-state index in [1.807, 2.05) is 0 Å². The quantitative estimate of drug-likeness (QED) is 0.595. The molecular formula is C22H23F2N3O3. The van der Waals surface area contributed by atoms with Crippen LogP contribution >= 0.6 is 0 Å². The molecule has 1 saturated heterocycles. The largest absolute Gasteiger partial charge is 0.392 e. The molecule has 0 radical (unpaired) electrons. The Bertz CT molecular complexity index is 1120. The lowest BCUT2D eigenvalue weighted by molar-refractivity contribution is 0.0539. The lowest BCUT2D eigenvalue weighted by atomic mass is 9.96. The molecule has 3 N–H and O–H groups in total. The van der Waals surface area contributed by atoms with Crippen LogP contribution in [0.4, 0.5) is 8.78 Å². The van der Waals surface area contributed by atoms with E-state index in [1.165, 1.54) is 17.0 Å². The van der Waals surface area contributed by atoms with Crippen LogP contribution in [0.5, 0.6) is 0 Å². The van der Waals surface area contributed by atoms with Gasteiger partial charge in [-0.05, 0) is 55.1 Å². The zero-order valence-electron chi connectivity index (χ0n) is 16.3. The van der Waals surface area contributed by atoms with Crippen molar-refractivity contribution in [2.45, 2.75) is 44.1 Å². The van der Waals surface area contributed by atoms with Gasteiger partial charge in [0.1, 0.15) is 0 Å². The summed E-state index contributed by atoms with van der Waals surface area (Å²) < 4.78 is 28.4. The van der Waals surface area contributed by atoms with Gasteiger partial charge in [-0.15, -0.1) is 0 Å². The summed E-state index contributed by atoms with van der Waals surface area (Å²) in [6.07, 6.45) is 1.85. The molecule has 1 aliphatic heterocycles. The highest BCUT2D eigenvalue weighted by Gasteiger charge is 2.25. The first-order valence-electron chi connectivity index (χ1n) is 9.97. The molecule has 0 saturated carbocycles. The molecule has 6 nitrogen and oxygen atoms in total. The molecule has 8 heteroatoms. The average molecular weight is 415 g/mol. The number of benzene rings is 2. The van der Waals surface area contributed by atoms with Gasteiger partial charge in [0.25, 0.3) is 5.56 Å².